The fraction of sp³-hybridized carbons (Fsp3) is 0.667. The normalized spacial score (nSPS) is 20.2. The summed E-state index contributed by atoms with van der Waals surface area (Å²) >= 11 is 12.2. The van der Waals surface area contributed by atoms with Gasteiger partial charge in [-0.25, -0.2) is 8.42 Å². The Morgan fingerprint density at radius 1 is 1.13 bits per heavy atom. The van der Waals surface area contributed by atoms with Gasteiger partial charge < -0.3 is 4.74 Å². The van der Waals surface area contributed by atoms with Gasteiger partial charge in [-0.05, 0) is 43.9 Å². The molecule has 10 heteroatoms. The Balaban J connectivity index is 0.00000341. The van der Waals surface area contributed by atoms with E-state index in [0.29, 0.717) is 74.3 Å². The number of Topliss-reactive ketones (excluding diaryl/α,β-unsaturated/α-hetero) is 1. The smallest absolute Gasteiger partial charge is 0.214 e. The van der Waals surface area contributed by atoms with Gasteiger partial charge in [-0.15, -0.1) is 12.4 Å². The molecule has 1 aromatic carbocycles. The summed E-state index contributed by atoms with van der Waals surface area (Å²) < 4.78 is 32.0. The first kappa shape index (κ1) is 26.8. The van der Waals surface area contributed by atoms with Gasteiger partial charge in [0.1, 0.15) is 0 Å². The van der Waals surface area contributed by atoms with Gasteiger partial charge in [0.05, 0.1) is 10.8 Å². The number of rotatable bonds is 8. The lowest BCUT2D eigenvalue weighted by molar-refractivity contribution is -0.0444. The number of halogens is 3. The summed E-state index contributed by atoms with van der Waals surface area (Å²) in [5.74, 6) is 0.203. The summed E-state index contributed by atoms with van der Waals surface area (Å²) in [6, 6.07) is 4.96. The number of ketones is 1. The molecule has 0 amide bonds. The first-order chi connectivity index (χ1) is 14.3. The largest absolute Gasteiger partial charge is 0.381 e. The Morgan fingerprint density at radius 3 is 2.35 bits per heavy atom. The number of nitrogens with zero attached hydrogens (tertiary/aromatic N) is 2. The molecule has 2 fully saturated rings. The molecule has 0 unspecified atom stereocenters. The third-order valence-electron chi connectivity index (χ3n) is 6.24. The van der Waals surface area contributed by atoms with E-state index in [1.807, 2.05) is 6.92 Å². The first-order valence-corrected chi connectivity index (χ1v) is 12.9. The van der Waals surface area contributed by atoms with E-state index in [1.165, 1.54) is 0 Å². The van der Waals surface area contributed by atoms with Gasteiger partial charge in [0.15, 0.2) is 5.78 Å². The van der Waals surface area contributed by atoms with Crippen LogP contribution in [-0.2, 0) is 14.8 Å². The van der Waals surface area contributed by atoms with Crippen molar-refractivity contribution in [1.29, 1.82) is 0 Å². The van der Waals surface area contributed by atoms with Crippen LogP contribution in [0, 0.1) is 0 Å². The highest BCUT2D eigenvalue weighted by atomic mass is 35.5. The summed E-state index contributed by atoms with van der Waals surface area (Å²) in [6.07, 6.45) is 3.40. The molecule has 6 nitrogen and oxygen atoms in total. The van der Waals surface area contributed by atoms with Crippen LogP contribution in [0.3, 0.4) is 0 Å². The van der Waals surface area contributed by atoms with Gasteiger partial charge in [-0.3, -0.25) is 9.69 Å². The number of carbonyl (C=O) groups excluding carboxylic acids is 1. The maximum atomic E-state index is 12.8. The van der Waals surface area contributed by atoms with Crippen molar-refractivity contribution in [3.8, 4) is 0 Å². The quantitative estimate of drug-likeness (QED) is 0.485. The molecule has 0 aliphatic carbocycles. The zero-order valence-electron chi connectivity index (χ0n) is 17.8. The van der Waals surface area contributed by atoms with Gasteiger partial charge in [-0.2, -0.15) is 4.31 Å². The van der Waals surface area contributed by atoms with Crippen LogP contribution in [0.4, 0.5) is 0 Å². The van der Waals surface area contributed by atoms with Crippen LogP contribution in [0.15, 0.2) is 18.2 Å². The van der Waals surface area contributed by atoms with Gasteiger partial charge in [0.25, 0.3) is 0 Å². The third kappa shape index (κ3) is 6.56. The Labute approximate surface area is 201 Å². The Kier molecular flexibility index (Phi) is 10.1. The number of hydrogen-bond acceptors (Lipinski definition) is 5. The van der Waals surface area contributed by atoms with Crippen LogP contribution in [-0.4, -0.2) is 74.1 Å². The SMILES string of the molecule is CCCS(=O)(=O)N1CCN(C2(CCC(=O)c3ccc(Cl)cc3Cl)CCOCC2)CC1.Cl. The van der Waals surface area contributed by atoms with Crippen LogP contribution < -0.4 is 0 Å². The standard InChI is InChI=1S/C21H30Cl2N2O4S.ClH/c1-2-15-30(27,28)25-11-9-24(10-12-25)21(7-13-29-14-8-21)6-5-20(26)18-4-3-17(22)16-19(18)23;/h3-4,16H,2,5-15H2,1H3;1H. The average Bonchev–Trinajstić information content (AvgIpc) is 2.73. The van der Waals surface area contributed by atoms with Crippen molar-refractivity contribution in [2.75, 3.05) is 45.1 Å². The van der Waals surface area contributed by atoms with Gasteiger partial charge in [-0.1, -0.05) is 30.1 Å². The fourth-order valence-corrected chi connectivity index (χ4v) is 6.51. The molecule has 3 rings (SSSR count). The van der Waals surface area contributed by atoms with E-state index in [4.69, 9.17) is 27.9 Å². The molecule has 0 atom stereocenters. The van der Waals surface area contributed by atoms with Crippen LogP contribution in [0.25, 0.3) is 0 Å². The lowest BCUT2D eigenvalue weighted by Crippen LogP contribution is -2.60. The van der Waals surface area contributed by atoms with Crippen LogP contribution in [0.2, 0.25) is 10.0 Å². The van der Waals surface area contributed by atoms with E-state index in [9.17, 15) is 13.2 Å². The minimum absolute atomic E-state index is 0. The Morgan fingerprint density at radius 2 is 1.77 bits per heavy atom. The zero-order chi connectivity index (χ0) is 21.8. The van der Waals surface area contributed by atoms with Crippen molar-refractivity contribution in [2.24, 2.45) is 0 Å². The first-order valence-electron chi connectivity index (χ1n) is 10.6. The molecule has 2 heterocycles. The lowest BCUT2D eigenvalue weighted by Gasteiger charge is -2.49. The van der Waals surface area contributed by atoms with Gasteiger partial charge in [0.2, 0.25) is 10.0 Å². The van der Waals surface area contributed by atoms with Crippen LogP contribution >= 0.6 is 35.6 Å². The molecule has 0 N–H and O–H groups in total. The highest BCUT2D eigenvalue weighted by Crippen LogP contribution is 2.35. The summed E-state index contributed by atoms with van der Waals surface area (Å²) in [5.41, 5.74) is 0.353. The molecule has 31 heavy (non-hydrogen) atoms. The molecule has 0 spiro atoms. The topological polar surface area (TPSA) is 66.9 Å². The number of ether oxygens (including phenoxy) is 1. The molecule has 0 radical (unpaired) electrons. The summed E-state index contributed by atoms with van der Waals surface area (Å²) in [7, 11) is -3.17. The van der Waals surface area contributed by atoms with Crippen molar-refractivity contribution in [1.82, 2.24) is 9.21 Å². The second kappa shape index (κ2) is 11.6. The zero-order valence-corrected chi connectivity index (χ0v) is 21.0. The predicted octanol–water partition coefficient (Wildman–Crippen LogP) is 4.28. The van der Waals surface area contributed by atoms with E-state index in [-0.39, 0.29) is 29.5 Å². The molecule has 0 bridgehead atoms. The summed E-state index contributed by atoms with van der Waals surface area (Å²) in [6.45, 7) is 5.56. The van der Waals surface area contributed by atoms with Crippen LogP contribution in [0.5, 0.6) is 0 Å². The van der Waals surface area contributed by atoms with Crippen LogP contribution in [0.1, 0.15) is 49.4 Å². The number of carbonyl (C=O) groups is 1. The van der Waals surface area contributed by atoms with Crippen molar-refractivity contribution >= 4 is 51.4 Å². The monoisotopic (exact) mass is 512 g/mol. The second-order valence-electron chi connectivity index (χ2n) is 8.09. The molecular formula is C21H31Cl3N2O4S. The molecule has 176 valence electrons. The number of hydrogen-bond donors (Lipinski definition) is 0. The number of piperazine rings is 1. The maximum Gasteiger partial charge on any atom is 0.214 e. The van der Waals surface area contributed by atoms with Crippen molar-refractivity contribution in [3.63, 3.8) is 0 Å². The molecule has 2 saturated heterocycles. The van der Waals surface area contributed by atoms with Gasteiger partial charge >= 0.3 is 0 Å². The Bertz CT molecular complexity index is 852. The molecule has 1 aromatic rings. The second-order valence-corrected chi connectivity index (χ2v) is 11.0. The summed E-state index contributed by atoms with van der Waals surface area (Å²) in [4.78, 5) is 15.2. The van der Waals surface area contributed by atoms with Gasteiger partial charge in [0, 0.05) is 61.9 Å². The van der Waals surface area contributed by atoms with E-state index < -0.39 is 10.0 Å². The van der Waals surface area contributed by atoms with E-state index in [1.54, 1.807) is 22.5 Å². The molecule has 2 aliphatic rings. The fourth-order valence-electron chi connectivity index (χ4n) is 4.50. The minimum Gasteiger partial charge on any atom is -0.381 e. The van der Waals surface area contributed by atoms with Crippen molar-refractivity contribution in [3.05, 3.63) is 33.8 Å². The van der Waals surface area contributed by atoms with E-state index >= 15 is 0 Å². The minimum atomic E-state index is -3.17. The predicted molar refractivity (Wildman–Crippen MR) is 127 cm³/mol. The van der Waals surface area contributed by atoms with Crippen molar-refractivity contribution in [2.45, 2.75) is 44.6 Å². The summed E-state index contributed by atoms with van der Waals surface area (Å²) in [5, 5.41) is 0.886. The van der Waals surface area contributed by atoms with Crippen molar-refractivity contribution < 1.29 is 17.9 Å². The average molecular weight is 514 g/mol. The lowest BCUT2D eigenvalue weighted by atomic mass is 9.82. The molecule has 2 aliphatic heterocycles. The Hall–Kier alpha value is -0.410. The van der Waals surface area contributed by atoms with E-state index in [0.717, 1.165) is 12.8 Å². The number of sulfonamides is 1. The maximum absolute atomic E-state index is 12.8. The molecule has 0 aromatic heterocycles. The number of benzene rings is 1. The third-order valence-corrected chi connectivity index (χ3v) is 8.86. The molecular weight excluding hydrogens is 483 g/mol. The molecule has 0 saturated carbocycles. The highest BCUT2D eigenvalue weighted by Gasteiger charge is 2.41. The van der Waals surface area contributed by atoms with E-state index in [2.05, 4.69) is 4.90 Å². The highest BCUT2D eigenvalue weighted by molar-refractivity contribution is 7.89.